The first-order valence-electron chi connectivity index (χ1n) is 5.17. The molecule has 4 heteroatoms. The second kappa shape index (κ2) is 5.46. The lowest BCUT2D eigenvalue weighted by Gasteiger charge is -2.10. The lowest BCUT2D eigenvalue weighted by Crippen LogP contribution is -2.31. The number of hydrogen-bond acceptors (Lipinski definition) is 4. The molecule has 0 aromatic carbocycles. The normalized spacial score (nSPS) is 12.4. The molecule has 4 N–H and O–H groups in total. The van der Waals surface area contributed by atoms with Crippen molar-refractivity contribution in [2.24, 2.45) is 5.73 Å². The standard InChI is InChI=1S/C11H17N3O/c1-2-3-6-9(12)10(15)8-5-4-7-14-11(8)13/h4-5,7,9H,2-3,6,12H2,1H3,(H2,13,14). The van der Waals surface area contributed by atoms with Gasteiger partial charge in [-0.2, -0.15) is 0 Å². The molecule has 0 aliphatic rings. The molecule has 82 valence electrons. The van der Waals surface area contributed by atoms with Gasteiger partial charge in [0.15, 0.2) is 5.78 Å². The molecule has 1 heterocycles. The van der Waals surface area contributed by atoms with Crippen molar-refractivity contribution in [2.45, 2.75) is 32.2 Å². The monoisotopic (exact) mass is 207 g/mol. The summed E-state index contributed by atoms with van der Waals surface area (Å²) in [6.45, 7) is 2.07. The quantitative estimate of drug-likeness (QED) is 0.714. The molecule has 0 spiro atoms. The van der Waals surface area contributed by atoms with E-state index in [1.807, 2.05) is 0 Å². The molecule has 15 heavy (non-hydrogen) atoms. The molecule has 0 aliphatic heterocycles. The summed E-state index contributed by atoms with van der Waals surface area (Å²) in [4.78, 5) is 15.7. The number of unbranched alkanes of at least 4 members (excludes halogenated alkanes) is 1. The lowest BCUT2D eigenvalue weighted by molar-refractivity contribution is 0.0957. The predicted molar refractivity (Wildman–Crippen MR) is 60.5 cm³/mol. The van der Waals surface area contributed by atoms with Crippen molar-refractivity contribution < 1.29 is 4.79 Å². The second-order valence-electron chi connectivity index (χ2n) is 3.55. The van der Waals surface area contributed by atoms with Gasteiger partial charge in [0.05, 0.1) is 11.6 Å². The van der Waals surface area contributed by atoms with Crippen molar-refractivity contribution in [1.29, 1.82) is 0 Å². The number of nitrogens with two attached hydrogens (primary N) is 2. The van der Waals surface area contributed by atoms with Gasteiger partial charge in [-0.1, -0.05) is 19.8 Å². The Balaban J connectivity index is 2.72. The van der Waals surface area contributed by atoms with Crippen molar-refractivity contribution in [2.75, 3.05) is 5.73 Å². The van der Waals surface area contributed by atoms with Gasteiger partial charge in [0, 0.05) is 6.20 Å². The molecule has 1 aromatic rings. The second-order valence-corrected chi connectivity index (χ2v) is 3.55. The first-order chi connectivity index (χ1) is 7.16. The molecule has 0 aliphatic carbocycles. The van der Waals surface area contributed by atoms with Crippen LogP contribution in [0, 0.1) is 0 Å². The molecule has 0 fully saturated rings. The van der Waals surface area contributed by atoms with E-state index in [1.54, 1.807) is 18.3 Å². The Labute approximate surface area is 89.7 Å². The minimum atomic E-state index is -0.462. The summed E-state index contributed by atoms with van der Waals surface area (Å²) < 4.78 is 0. The first-order valence-corrected chi connectivity index (χ1v) is 5.17. The van der Waals surface area contributed by atoms with Gasteiger partial charge in [0.1, 0.15) is 5.82 Å². The summed E-state index contributed by atoms with van der Waals surface area (Å²) in [6, 6.07) is 2.89. The third-order valence-electron chi connectivity index (χ3n) is 2.31. The maximum Gasteiger partial charge on any atom is 0.183 e. The number of rotatable bonds is 5. The van der Waals surface area contributed by atoms with E-state index in [4.69, 9.17) is 11.5 Å². The fraction of sp³-hybridized carbons (Fsp3) is 0.455. The Kier molecular flexibility index (Phi) is 4.24. The summed E-state index contributed by atoms with van der Waals surface area (Å²) >= 11 is 0. The molecule has 0 amide bonds. The van der Waals surface area contributed by atoms with Gasteiger partial charge in [-0.3, -0.25) is 4.79 Å². The number of pyridine rings is 1. The van der Waals surface area contributed by atoms with Crippen LogP contribution < -0.4 is 11.5 Å². The summed E-state index contributed by atoms with van der Waals surface area (Å²) in [7, 11) is 0. The number of carbonyl (C=O) groups excluding carboxylic acids is 1. The SMILES string of the molecule is CCCCC(N)C(=O)c1cccnc1N. The fourth-order valence-corrected chi connectivity index (χ4v) is 1.38. The minimum Gasteiger partial charge on any atom is -0.383 e. The minimum absolute atomic E-state index is 0.117. The van der Waals surface area contributed by atoms with Gasteiger partial charge < -0.3 is 11.5 Å². The molecule has 0 saturated carbocycles. The number of ketones is 1. The number of hydrogen-bond donors (Lipinski definition) is 2. The molecule has 4 nitrogen and oxygen atoms in total. The zero-order valence-corrected chi connectivity index (χ0v) is 8.94. The van der Waals surface area contributed by atoms with E-state index in [2.05, 4.69) is 11.9 Å². The van der Waals surface area contributed by atoms with Gasteiger partial charge in [0.25, 0.3) is 0 Å². The van der Waals surface area contributed by atoms with E-state index >= 15 is 0 Å². The van der Waals surface area contributed by atoms with Gasteiger partial charge in [0.2, 0.25) is 0 Å². The Bertz CT molecular complexity index is 338. The molecule has 0 bridgehead atoms. The van der Waals surface area contributed by atoms with E-state index in [0.29, 0.717) is 12.0 Å². The molecular formula is C11H17N3O. The van der Waals surface area contributed by atoms with Crippen LogP contribution in [0.5, 0.6) is 0 Å². The van der Waals surface area contributed by atoms with E-state index < -0.39 is 6.04 Å². The van der Waals surface area contributed by atoms with Crippen LogP contribution in [0.3, 0.4) is 0 Å². The van der Waals surface area contributed by atoms with E-state index in [-0.39, 0.29) is 11.6 Å². The molecule has 1 atom stereocenters. The summed E-state index contributed by atoms with van der Waals surface area (Å²) in [5.41, 5.74) is 11.8. The molecule has 1 unspecified atom stereocenters. The van der Waals surface area contributed by atoms with Gasteiger partial charge in [-0.15, -0.1) is 0 Å². The molecule has 0 radical (unpaired) electrons. The van der Waals surface area contributed by atoms with Crippen molar-refractivity contribution in [3.05, 3.63) is 23.9 Å². The van der Waals surface area contributed by atoms with Gasteiger partial charge in [-0.25, -0.2) is 4.98 Å². The van der Waals surface area contributed by atoms with Crippen molar-refractivity contribution in [1.82, 2.24) is 4.98 Å². The van der Waals surface area contributed by atoms with Crippen LogP contribution in [0.15, 0.2) is 18.3 Å². The molecule has 0 saturated heterocycles. The number of carbonyl (C=O) groups is 1. The lowest BCUT2D eigenvalue weighted by atomic mass is 10.0. The number of nitrogens with zero attached hydrogens (tertiary/aromatic N) is 1. The third-order valence-corrected chi connectivity index (χ3v) is 2.31. The van der Waals surface area contributed by atoms with Crippen molar-refractivity contribution in [3.63, 3.8) is 0 Å². The summed E-state index contributed by atoms with van der Waals surface area (Å²) in [5, 5.41) is 0. The number of aromatic nitrogens is 1. The Morgan fingerprint density at radius 2 is 2.33 bits per heavy atom. The van der Waals surface area contributed by atoms with Crippen LogP contribution in [-0.4, -0.2) is 16.8 Å². The van der Waals surface area contributed by atoms with Gasteiger partial charge >= 0.3 is 0 Å². The van der Waals surface area contributed by atoms with Crippen LogP contribution in [0.25, 0.3) is 0 Å². The zero-order chi connectivity index (χ0) is 11.3. The highest BCUT2D eigenvalue weighted by atomic mass is 16.1. The third kappa shape index (κ3) is 3.02. The number of Topliss-reactive ketones (excluding diaryl/α,β-unsaturated/α-hetero) is 1. The maximum absolute atomic E-state index is 11.8. The van der Waals surface area contributed by atoms with E-state index in [9.17, 15) is 4.79 Å². The number of anilines is 1. The Morgan fingerprint density at radius 1 is 1.60 bits per heavy atom. The van der Waals surface area contributed by atoms with Crippen LogP contribution in [0.4, 0.5) is 5.82 Å². The van der Waals surface area contributed by atoms with Crippen molar-refractivity contribution >= 4 is 11.6 Å². The predicted octanol–water partition coefficient (Wildman–Crippen LogP) is 1.36. The topological polar surface area (TPSA) is 82.0 Å². The first kappa shape index (κ1) is 11.7. The number of nitrogen functional groups attached to an aromatic ring is 1. The Morgan fingerprint density at radius 3 is 2.93 bits per heavy atom. The maximum atomic E-state index is 11.8. The highest BCUT2D eigenvalue weighted by Crippen LogP contribution is 2.12. The largest absolute Gasteiger partial charge is 0.383 e. The van der Waals surface area contributed by atoms with Gasteiger partial charge in [-0.05, 0) is 18.6 Å². The van der Waals surface area contributed by atoms with E-state index in [0.717, 1.165) is 12.8 Å². The fourth-order valence-electron chi connectivity index (χ4n) is 1.38. The average molecular weight is 207 g/mol. The van der Waals surface area contributed by atoms with E-state index in [1.165, 1.54) is 0 Å². The van der Waals surface area contributed by atoms with Crippen LogP contribution >= 0.6 is 0 Å². The van der Waals surface area contributed by atoms with Crippen LogP contribution in [0.1, 0.15) is 36.5 Å². The molecular weight excluding hydrogens is 190 g/mol. The average Bonchev–Trinajstić information content (AvgIpc) is 2.25. The summed E-state index contributed by atoms with van der Waals surface area (Å²) in [6.07, 6.45) is 4.24. The smallest absolute Gasteiger partial charge is 0.183 e. The zero-order valence-electron chi connectivity index (χ0n) is 8.94. The molecule has 1 rings (SSSR count). The summed E-state index contributed by atoms with van der Waals surface area (Å²) in [5.74, 6) is 0.142. The Hall–Kier alpha value is -1.42. The molecule has 1 aromatic heterocycles. The van der Waals surface area contributed by atoms with Crippen LogP contribution in [-0.2, 0) is 0 Å². The highest BCUT2D eigenvalue weighted by Gasteiger charge is 2.17. The van der Waals surface area contributed by atoms with Crippen molar-refractivity contribution in [3.8, 4) is 0 Å². The van der Waals surface area contributed by atoms with Crippen LogP contribution in [0.2, 0.25) is 0 Å². The highest BCUT2D eigenvalue weighted by molar-refractivity contribution is 6.03.